The van der Waals surface area contributed by atoms with Crippen molar-refractivity contribution in [1.82, 2.24) is 0 Å². The summed E-state index contributed by atoms with van der Waals surface area (Å²) >= 11 is 0. The highest BCUT2D eigenvalue weighted by molar-refractivity contribution is 5.71. The van der Waals surface area contributed by atoms with E-state index in [-0.39, 0.29) is 31.1 Å². The van der Waals surface area contributed by atoms with Crippen molar-refractivity contribution in [3.63, 3.8) is 0 Å². The Morgan fingerprint density at radius 2 is 0.470 bits per heavy atom. The van der Waals surface area contributed by atoms with Crippen LogP contribution >= 0.6 is 0 Å². The largest absolute Gasteiger partial charge is 0.462 e. The number of unbranched alkanes of at least 4 members (excludes halogenated alkanes) is 29. The maximum Gasteiger partial charge on any atom is 0.306 e. The highest BCUT2D eigenvalue weighted by Gasteiger charge is 2.19. The molecule has 472 valence electrons. The minimum atomic E-state index is -0.795. The summed E-state index contributed by atoms with van der Waals surface area (Å²) in [6.07, 6.45) is 98.8. The van der Waals surface area contributed by atoms with Gasteiger partial charge in [-0.05, 0) is 135 Å². The first-order valence-electron chi connectivity index (χ1n) is 34.7. The number of ether oxygens (including phenoxy) is 3. The van der Waals surface area contributed by atoms with Crippen molar-refractivity contribution in [2.24, 2.45) is 0 Å². The average Bonchev–Trinajstić information content (AvgIpc) is 3.49. The van der Waals surface area contributed by atoms with Crippen LogP contribution < -0.4 is 0 Å². The van der Waals surface area contributed by atoms with Crippen LogP contribution in [0.2, 0.25) is 0 Å². The summed E-state index contributed by atoms with van der Waals surface area (Å²) in [5, 5.41) is 0. The van der Waals surface area contributed by atoms with Gasteiger partial charge in [0.15, 0.2) is 6.10 Å². The van der Waals surface area contributed by atoms with E-state index in [1.165, 1.54) is 141 Å². The van der Waals surface area contributed by atoms with Crippen LogP contribution in [0.3, 0.4) is 0 Å². The van der Waals surface area contributed by atoms with E-state index in [0.29, 0.717) is 19.3 Å². The summed E-state index contributed by atoms with van der Waals surface area (Å²) < 4.78 is 17.0. The normalized spacial score (nSPS) is 13.0. The van der Waals surface area contributed by atoms with Gasteiger partial charge in [-0.15, -0.1) is 0 Å². The molecule has 0 saturated carbocycles. The number of carbonyl (C=O) groups excluding carboxylic acids is 3. The molecule has 0 rings (SSSR count). The molecule has 0 aliphatic rings. The zero-order valence-electron chi connectivity index (χ0n) is 54.2. The van der Waals surface area contributed by atoms with E-state index in [2.05, 4.69) is 154 Å². The van der Waals surface area contributed by atoms with Crippen LogP contribution in [-0.4, -0.2) is 37.2 Å². The summed E-state index contributed by atoms with van der Waals surface area (Å²) in [5.41, 5.74) is 0. The zero-order chi connectivity index (χ0) is 59.9. The average molecular weight is 1150 g/mol. The monoisotopic (exact) mass is 1150 g/mol. The summed E-state index contributed by atoms with van der Waals surface area (Å²) in [6.45, 7) is 6.42. The fourth-order valence-corrected chi connectivity index (χ4v) is 9.49. The molecule has 0 N–H and O–H groups in total. The van der Waals surface area contributed by atoms with Gasteiger partial charge in [0.05, 0.1) is 0 Å². The van der Waals surface area contributed by atoms with Gasteiger partial charge < -0.3 is 14.2 Å². The van der Waals surface area contributed by atoms with Crippen LogP contribution in [0, 0.1) is 0 Å². The maximum absolute atomic E-state index is 13.0. The Bertz CT molecular complexity index is 1750. The quantitative estimate of drug-likeness (QED) is 0.0261. The molecule has 0 bridgehead atoms. The molecule has 0 aromatic rings. The molecular formula is C77H128O6. The molecule has 6 heteroatoms. The first-order chi connectivity index (χ1) is 41.0. The predicted octanol–water partition coefficient (Wildman–Crippen LogP) is 24.1. The van der Waals surface area contributed by atoms with Crippen molar-refractivity contribution < 1.29 is 28.6 Å². The number of rotatable bonds is 62. The van der Waals surface area contributed by atoms with Gasteiger partial charge in [-0.3, -0.25) is 14.4 Å². The van der Waals surface area contributed by atoms with Gasteiger partial charge in [-0.2, -0.15) is 0 Å². The minimum absolute atomic E-state index is 0.0890. The van der Waals surface area contributed by atoms with Crippen LogP contribution in [0.4, 0.5) is 0 Å². The molecule has 0 aromatic carbocycles. The summed E-state index contributed by atoms with van der Waals surface area (Å²) in [6, 6.07) is 0. The molecule has 0 amide bonds. The lowest BCUT2D eigenvalue weighted by atomic mass is 10.1. The fourth-order valence-electron chi connectivity index (χ4n) is 9.49. The molecule has 0 spiro atoms. The Morgan fingerprint density at radius 1 is 0.253 bits per heavy atom. The van der Waals surface area contributed by atoms with Gasteiger partial charge in [0.25, 0.3) is 0 Å². The second-order valence-corrected chi connectivity index (χ2v) is 22.7. The third kappa shape index (κ3) is 68.2. The summed E-state index contributed by atoms with van der Waals surface area (Å²) in [4.78, 5) is 38.5. The highest BCUT2D eigenvalue weighted by atomic mass is 16.6. The first-order valence-corrected chi connectivity index (χ1v) is 34.7. The van der Waals surface area contributed by atoms with E-state index in [1.54, 1.807) is 0 Å². The molecule has 1 unspecified atom stereocenters. The van der Waals surface area contributed by atoms with Gasteiger partial charge in [0.1, 0.15) is 13.2 Å². The number of esters is 3. The van der Waals surface area contributed by atoms with Gasteiger partial charge in [0, 0.05) is 19.3 Å². The van der Waals surface area contributed by atoms with Crippen molar-refractivity contribution in [3.05, 3.63) is 134 Å². The van der Waals surface area contributed by atoms with Gasteiger partial charge >= 0.3 is 17.9 Å². The molecule has 0 saturated heterocycles. The third-order valence-corrected chi connectivity index (χ3v) is 14.6. The standard InChI is InChI=1S/C77H128O6/c1-4-7-10-13-16-19-22-25-28-31-33-35-37-38-40-41-43-46-49-52-55-58-61-64-67-70-76(79)82-73-74(72-81-75(78)69-66-63-60-57-54-51-48-45-30-27-24-21-18-15-12-9-6-3)83-77(80)71-68-65-62-59-56-53-50-47-44-42-39-36-34-32-29-26-23-20-17-14-11-8-5-2/h7-8,10-11,16-17,19-20,25-30,33-36,38,40,42,44,74H,4-6,9,12-15,18,21-24,31-32,37,39,41,43,45-73H2,1-3H3/b10-7-,11-8-,19-16-,20-17-,28-25-,29-26-,30-27-,35-33-,36-34-,40-38-,44-42-. The SMILES string of the molecule is CC/C=C\C/C=C\C/C=C\C/C=C\C/C=C\CCCCCCCCCCCC(=O)OCC(COC(=O)CCCCCCCCC/C=C\CCCCCCCC)OC(=O)CCCCCCCCC/C=C\C/C=C\C/C=C\C/C=C\C/C=C\CC. The first kappa shape index (κ1) is 78.5. The van der Waals surface area contributed by atoms with Crippen LogP contribution in [0.25, 0.3) is 0 Å². The molecule has 0 aliphatic carbocycles. The van der Waals surface area contributed by atoms with Crippen molar-refractivity contribution in [1.29, 1.82) is 0 Å². The minimum Gasteiger partial charge on any atom is -0.462 e. The van der Waals surface area contributed by atoms with Gasteiger partial charge in [-0.25, -0.2) is 0 Å². The molecule has 0 fully saturated rings. The summed E-state index contributed by atoms with van der Waals surface area (Å²) in [7, 11) is 0. The second kappa shape index (κ2) is 70.0. The Balaban J connectivity index is 4.42. The predicted molar refractivity (Wildman–Crippen MR) is 362 cm³/mol. The second-order valence-electron chi connectivity index (χ2n) is 22.7. The molecule has 0 radical (unpaired) electrons. The Hall–Kier alpha value is -4.45. The van der Waals surface area contributed by atoms with E-state index in [0.717, 1.165) is 135 Å². The molecule has 0 aliphatic heterocycles. The Labute approximate surface area is 513 Å². The van der Waals surface area contributed by atoms with Crippen molar-refractivity contribution in [2.45, 2.75) is 322 Å². The number of allylic oxidation sites excluding steroid dienone is 22. The zero-order valence-corrected chi connectivity index (χ0v) is 54.2. The Morgan fingerprint density at radius 3 is 0.747 bits per heavy atom. The molecule has 6 nitrogen and oxygen atoms in total. The van der Waals surface area contributed by atoms with Crippen LogP contribution in [0.15, 0.2) is 134 Å². The van der Waals surface area contributed by atoms with E-state index in [9.17, 15) is 14.4 Å². The molecule has 0 heterocycles. The molecule has 0 aromatic heterocycles. The van der Waals surface area contributed by atoms with E-state index >= 15 is 0 Å². The van der Waals surface area contributed by atoms with Crippen LogP contribution in [0.5, 0.6) is 0 Å². The number of hydrogen-bond donors (Lipinski definition) is 0. The van der Waals surface area contributed by atoms with Crippen LogP contribution in [-0.2, 0) is 28.6 Å². The molecule has 1 atom stereocenters. The fraction of sp³-hybridized carbons (Fsp3) is 0.675. The Kier molecular flexibility index (Phi) is 66.3. The lowest BCUT2D eigenvalue weighted by Crippen LogP contribution is -2.30. The van der Waals surface area contributed by atoms with Crippen molar-refractivity contribution in [2.75, 3.05) is 13.2 Å². The van der Waals surface area contributed by atoms with E-state index < -0.39 is 6.10 Å². The maximum atomic E-state index is 13.0. The third-order valence-electron chi connectivity index (χ3n) is 14.6. The van der Waals surface area contributed by atoms with E-state index in [4.69, 9.17) is 14.2 Å². The van der Waals surface area contributed by atoms with Crippen molar-refractivity contribution >= 4 is 17.9 Å². The smallest absolute Gasteiger partial charge is 0.306 e. The molecular weight excluding hydrogens is 1020 g/mol. The molecule has 83 heavy (non-hydrogen) atoms. The van der Waals surface area contributed by atoms with Gasteiger partial charge in [-0.1, -0.05) is 296 Å². The summed E-state index contributed by atoms with van der Waals surface area (Å²) in [5.74, 6) is -0.902. The number of carbonyl (C=O) groups is 3. The lowest BCUT2D eigenvalue weighted by Gasteiger charge is -2.18. The van der Waals surface area contributed by atoms with Crippen molar-refractivity contribution in [3.8, 4) is 0 Å². The number of hydrogen-bond acceptors (Lipinski definition) is 6. The van der Waals surface area contributed by atoms with Crippen LogP contribution in [0.1, 0.15) is 316 Å². The van der Waals surface area contributed by atoms with Gasteiger partial charge in [0.2, 0.25) is 0 Å². The lowest BCUT2D eigenvalue weighted by molar-refractivity contribution is -0.167. The topological polar surface area (TPSA) is 78.9 Å². The highest BCUT2D eigenvalue weighted by Crippen LogP contribution is 2.16. The van der Waals surface area contributed by atoms with E-state index in [1.807, 2.05) is 0 Å².